The topological polar surface area (TPSA) is 36.9 Å². The van der Waals surface area contributed by atoms with Crippen LogP contribution in [0.3, 0.4) is 0 Å². The molecule has 0 spiro atoms. The maximum atomic E-state index is 5.83. The highest BCUT2D eigenvalue weighted by molar-refractivity contribution is 6.70. The summed E-state index contributed by atoms with van der Waals surface area (Å²) in [5, 5.41) is 0. The molecule has 1 aliphatic rings. The highest BCUT2D eigenvalue weighted by Crippen LogP contribution is 2.46. The van der Waals surface area contributed by atoms with Gasteiger partial charge in [0.05, 0.1) is 0 Å². The molecule has 0 N–H and O–H groups in total. The second-order valence-corrected chi connectivity index (χ2v) is 8.97. The molecule has 1 atom stereocenters. The van der Waals surface area contributed by atoms with Crippen molar-refractivity contribution in [3.63, 3.8) is 0 Å². The lowest BCUT2D eigenvalue weighted by Gasteiger charge is -2.51. The van der Waals surface area contributed by atoms with E-state index in [1.54, 1.807) is 28.4 Å². The van der Waals surface area contributed by atoms with Crippen LogP contribution in [0.2, 0.25) is 6.04 Å². The van der Waals surface area contributed by atoms with E-state index < -0.39 is 14.0 Å². The van der Waals surface area contributed by atoms with Gasteiger partial charge < -0.3 is 18.3 Å². The standard InChI is InChI=1S/C13H28O4Si/c1-11(2)10-12-8-7-9-18(16-5,17-6)13(12,14-3)15-4/h11-12H,7-10H2,1-6H3. The lowest BCUT2D eigenvalue weighted by Crippen LogP contribution is -2.69. The first-order valence-corrected chi connectivity index (χ1v) is 8.74. The molecule has 1 unspecified atom stereocenters. The van der Waals surface area contributed by atoms with Crippen LogP contribution in [0.1, 0.15) is 33.1 Å². The van der Waals surface area contributed by atoms with Crippen LogP contribution in [-0.4, -0.2) is 42.4 Å². The number of hydrogen-bond acceptors (Lipinski definition) is 4. The van der Waals surface area contributed by atoms with E-state index in [2.05, 4.69) is 13.8 Å². The second-order valence-electron chi connectivity index (χ2n) is 5.46. The highest BCUT2D eigenvalue weighted by atomic mass is 28.4. The molecule has 108 valence electrons. The van der Waals surface area contributed by atoms with Gasteiger partial charge in [0.1, 0.15) is 0 Å². The van der Waals surface area contributed by atoms with Crippen molar-refractivity contribution in [2.45, 2.75) is 44.6 Å². The molecule has 1 aliphatic heterocycles. The smallest absolute Gasteiger partial charge is 0.395 e. The van der Waals surface area contributed by atoms with E-state index in [1.165, 1.54) is 0 Å². The molecule has 0 aliphatic carbocycles. The first kappa shape index (κ1) is 16.1. The largest absolute Gasteiger partial charge is 0.399 e. The van der Waals surface area contributed by atoms with Crippen molar-refractivity contribution in [1.29, 1.82) is 0 Å². The highest BCUT2D eigenvalue weighted by Gasteiger charge is 2.64. The van der Waals surface area contributed by atoms with Gasteiger partial charge in [0.15, 0.2) is 0 Å². The van der Waals surface area contributed by atoms with Gasteiger partial charge in [-0.1, -0.05) is 20.3 Å². The van der Waals surface area contributed by atoms with Gasteiger partial charge >= 0.3 is 8.56 Å². The summed E-state index contributed by atoms with van der Waals surface area (Å²) >= 11 is 0. The van der Waals surface area contributed by atoms with Gasteiger partial charge in [0, 0.05) is 34.4 Å². The third-order valence-corrected chi connectivity index (χ3v) is 8.36. The second kappa shape index (κ2) is 6.48. The monoisotopic (exact) mass is 276 g/mol. The molecule has 0 aromatic rings. The third-order valence-electron chi connectivity index (χ3n) is 4.15. The Bertz CT molecular complexity index is 249. The van der Waals surface area contributed by atoms with Gasteiger partial charge in [-0.2, -0.15) is 0 Å². The molecule has 0 aromatic heterocycles. The van der Waals surface area contributed by atoms with E-state index in [4.69, 9.17) is 18.3 Å². The minimum absolute atomic E-state index is 0.341. The summed E-state index contributed by atoms with van der Waals surface area (Å²) in [6.45, 7) is 4.46. The summed E-state index contributed by atoms with van der Waals surface area (Å²) in [6, 6.07) is 0.927. The normalized spacial score (nSPS) is 26.5. The molecule has 0 saturated carbocycles. The molecule has 1 fully saturated rings. The fraction of sp³-hybridized carbons (Fsp3) is 1.00. The summed E-state index contributed by atoms with van der Waals surface area (Å²) in [6.07, 6.45) is 3.31. The third kappa shape index (κ3) is 2.51. The molecule has 0 amide bonds. The Hall–Kier alpha value is 0.0569. The van der Waals surface area contributed by atoms with Gasteiger partial charge in [-0.05, 0) is 24.8 Å². The lowest BCUT2D eigenvalue weighted by atomic mass is 9.91. The summed E-state index contributed by atoms with van der Waals surface area (Å²) in [5.41, 5.74) is -0.682. The van der Waals surface area contributed by atoms with Gasteiger partial charge in [-0.25, -0.2) is 0 Å². The van der Waals surface area contributed by atoms with Crippen molar-refractivity contribution in [3.8, 4) is 0 Å². The summed E-state index contributed by atoms with van der Waals surface area (Å²) in [5.74, 6) is 0.950. The Labute approximate surface area is 112 Å². The first-order chi connectivity index (χ1) is 8.51. The molecule has 18 heavy (non-hydrogen) atoms. The Morgan fingerprint density at radius 1 is 1.11 bits per heavy atom. The van der Waals surface area contributed by atoms with Crippen LogP contribution in [0.25, 0.3) is 0 Å². The number of hydrogen-bond donors (Lipinski definition) is 0. The van der Waals surface area contributed by atoms with Gasteiger partial charge in [0.2, 0.25) is 5.41 Å². The lowest BCUT2D eigenvalue weighted by molar-refractivity contribution is -0.216. The van der Waals surface area contributed by atoms with Crippen molar-refractivity contribution in [2.75, 3.05) is 28.4 Å². The van der Waals surface area contributed by atoms with E-state index in [-0.39, 0.29) is 0 Å². The maximum absolute atomic E-state index is 5.83. The molecule has 0 radical (unpaired) electrons. The van der Waals surface area contributed by atoms with Crippen LogP contribution < -0.4 is 0 Å². The van der Waals surface area contributed by atoms with Gasteiger partial charge in [-0.15, -0.1) is 0 Å². The van der Waals surface area contributed by atoms with E-state index >= 15 is 0 Å². The average molecular weight is 276 g/mol. The summed E-state index contributed by atoms with van der Waals surface area (Å²) in [4.78, 5) is 0. The van der Waals surface area contributed by atoms with Crippen molar-refractivity contribution in [1.82, 2.24) is 0 Å². The van der Waals surface area contributed by atoms with E-state index in [0.29, 0.717) is 11.8 Å². The van der Waals surface area contributed by atoms with Crippen molar-refractivity contribution >= 4 is 8.56 Å². The van der Waals surface area contributed by atoms with Crippen LogP contribution in [-0.2, 0) is 18.3 Å². The fourth-order valence-electron chi connectivity index (χ4n) is 3.40. The molecule has 0 aromatic carbocycles. The minimum atomic E-state index is -2.48. The predicted octanol–water partition coefficient (Wildman–Crippen LogP) is 2.71. The predicted molar refractivity (Wildman–Crippen MR) is 73.5 cm³/mol. The van der Waals surface area contributed by atoms with Crippen LogP contribution in [0.15, 0.2) is 0 Å². The number of rotatable bonds is 6. The molecule has 0 bridgehead atoms. The first-order valence-electron chi connectivity index (χ1n) is 6.72. The molecule has 1 heterocycles. The quantitative estimate of drug-likeness (QED) is 0.552. The molecule has 1 rings (SSSR count). The molecule has 4 nitrogen and oxygen atoms in total. The molecular weight excluding hydrogens is 248 g/mol. The van der Waals surface area contributed by atoms with Crippen molar-refractivity contribution < 1.29 is 18.3 Å². The van der Waals surface area contributed by atoms with Gasteiger partial charge in [0.25, 0.3) is 0 Å². The Balaban J connectivity index is 3.11. The molecule has 1 saturated heterocycles. The minimum Gasteiger partial charge on any atom is -0.395 e. The van der Waals surface area contributed by atoms with Crippen LogP contribution in [0, 0.1) is 11.8 Å². The Kier molecular flexibility index (Phi) is 5.80. The van der Waals surface area contributed by atoms with E-state index in [9.17, 15) is 0 Å². The summed E-state index contributed by atoms with van der Waals surface area (Å²) in [7, 11) is 4.38. The molecular formula is C13H28O4Si. The number of methoxy groups -OCH3 is 2. The van der Waals surface area contributed by atoms with Crippen LogP contribution in [0.5, 0.6) is 0 Å². The van der Waals surface area contributed by atoms with Crippen LogP contribution in [0.4, 0.5) is 0 Å². The number of ether oxygens (including phenoxy) is 2. The summed E-state index contributed by atoms with van der Waals surface area (Å²) < 4.78 is 23.3. The van der Waals surface area contributed by atoms with E-state index in [1.807, 2.05) is 0 Å². The SMILES string of the molecule is COC1(OC)C(CC(C)C)CCC[Si]1(OC)OC. The maximum Gasteiger partial charge on any atom is 0.399 e. The Morgan fingerprint density at radius 2 is 1.67 bits per heavy atom. The van der Waals surface area contributed by atoms with Crippen molar-refractivity contribution in [2.24, 2.45) is 11.8 Å². The zero-order chi connectivity index (χ0) is 13.8. The van der Waals surface area contributed by atoms with Crippen LogP contribution >= 0.6 is 0 Å². The zero-order valence-electron chi connectivity index (χ0n) is 12.6. The van der Waals surface area contributed by atoms with Gasteiger partial charge in [-0.3, -0.25) is 0 Å². The molecule has 5 heteroatoms. The Morgan fingerprint density at radius 3 is 2.06 bits per heavy atom. The van der Waals surface area contributed by atoms with Crippen molar-refractivity contribution in [3.05, 3.63) is 0 Å². The zero-order valence-corrected chi connectivity index (χ0v) is 13.6. The fourth-order valence-corrected chi connectivity index (χ4v) is 7.07. The average Bonchev–Trinajstić information content (AvgIpc) is 2.37. The van der Waals surface area contributed by atoms with E-state index in [0.717, 1.165) is 25.3 Å².